The zero-order chi connectivity index (χ0) is 17.1. The maximum absolute atomic E-state index is 9.78. The summed E-state index contributed by atoms with van der Waals surface area (Å²) in [5.41, 5.74) is 5.17. The van der Waals surface area contributed by atoms with Gasteiger partial charge in [0.05, 0.1) is 20.8 Å². The first kappa shape index (κ1) is 16.0. The molecule has 0 atom stereocenters. The molecule has 0 aliphatic carbocycles. The zero-order valence-electron chi connectivity index (χ0n) is 13.5. The Balaban J connectivity index is 2.34. The Morgan fingerprint density at radius 2 is 1.83 bits per heavy atom. The number of hydrogen-bond donors (Lipinski definition) is 3. The van der Waals surface area contributed by atoms with Crippen molar-refractivity contribution in [2.45, 2.75) is 6.61 Å². The Morgan fingerprint density at radius 3 is 2.50 bits per heavy atom. The van der Waals surface area contributed by atoms with Gasteiger partial charge < -0.3 is 20.0 Å². The second-order valence-corrected chi connectivity index (χ2v) is 5.26. The van der Waals surface area contributed by atoms with Gasteiger partial charge in [-0.1, -0.05) is 12.1 Å². The number of nitrogens with zero attached hydrogens (tertiary/aromatic N) is 1. The fraction of sp³-hybridized carbons (Fsp3) is 0.167. The van der Waals surface area contributed by atoms with Crippen LogP contribution >= 0.6 is 0 Å². The highest BCUT2D eigenvalue weighted by atomic mass is 16.5. The van der Waals surface area contributed by atoms with Gasteiger partial charge in [0, 0.05) is 6.20 Å². The van der Waals surface area contributed by atoms with Crippen LogP contribution in [0, 0.1) is 0 Å². The van der Waals surface area contributed by atoms with Gasteiger partial charge in [-0.25, -0.2) is 10.8 Å². The van der Waals surface area contributed by atoms with Crippen LogP contribution < -0.4 is 20.7 Å². The van der Waals surface area contributed by atoms with E-state index in [2.05, 4.69) is 10.4 Å². The third kappa shape index (κ3) is 2.73. The number of aliphatic hydroxyl groups excluding tert-OH is 1. The van der Waals surface area contributed by atoms with Crippen molar-refractivity contribution in [2.75, 3.05) is 19.6 Å². The first-order valence-corrected chi connectivity index (χ1v) is 7.43. The highest BCUT2D eigenvalue weighted by Crippen LogP contribution is 2.39. The number of aliphatic hydroxyl groups is 1. The minimum Gasteiger partial charge on any atom is -0.493 e. The maximum atomic E-state index is 9.78. The van der Waals surface area contributed by atoms with Gasteiger partial charge in [-0.05, 0) is 51.7 Å². The summed E-state index contributed by atoms with van der Waals surface area (Å²) in [5, 5.41) is 11.7. The Hall–Kier alpha value is -2.83. The van der Waals surface area contributed by atoms with Crippen LogP contribution in [0.15, 0.2) is 42.6 Å². The van der Waals surface area contributed by atoms with Crippen molar-refractivity contribution in [2.24, 2.45) is 5.84 Å². The minimum absolute atomic E-state index is 0.0761. The molecular weight excluding hydrogens is 306 g/mol. The van der Waals surface area contributed by atoms with Crippen LogP contribution in [0.4, 0.5) is 5.82 Å². The van der Waals surface area contributed by atoms with Crippen molar-refractivity contribution >= 4 is 16.6 Å². The van der Waals surface area contributed by atoms with Crippen molar-refractivity contribution in [1.29, 1.82) is 0 Å². The largest absolute Gasteiger partial charge is 0.493 e. The smallest absolute Gasteiger partial charge is 0.161 e. The third-order valence-corrected chi connectivity index (χ3v) is 3.98. The molecule has 3 aromatic rings. The first-order valence-electron chi connectivity index (χ1n) is 7.43. The van der Waals surface area contributed by atoms with Gasteiger partial charge in [-0.2, -0.15) is 0 Å². The molecule has 6 nitrogen and oxygen atoms in total. The van der Waals surface area contributed by atoms with Crippen LogP contribution in [0.25, 0.3) is 21.9 Å². The average molecular weight is 325 g/mol. The topological polar surface area (TPSA) is 89.6 Å². The summed E-state index contributed by atoms with van der Waals surface area (Å²) in [6.45, 7) is -0.0761. The number of fused-ring (bicyclic) bond motifs is 1. The maximum Gasteiger partial charge on any atom is 0.161 e. The molecule has 0 spiro atoms. The number of methoxy groups -OCH3 is 2. The second-order valence-electron chi connectivity index (χ2n) is 5.26. The lowest BCUT2D eigenvalue weighted by atomic mass is 9.93. The number of pyridine rings is 1. The summed E-state index contributed by atoms with van der Waals surface area (Å²) in [7, 11) is 3.21. The summed E-state index contributed by atoms with van der Waals surface area (Å²) in [6.07, 6.45) is 1.67. The molecule has 0 unspecified atom stereocenters. The standard InChI is InChI=1S/C18H19N3O3/c1-23-15-7-11-3-4-13(10-22)18(14(11)9-16(15)24-2)12-5-6-20-17(8-12)21-19/h3-9,22H,10,19H2,1-2H3,(H,20,21). The Labute approximate surface area is 139 Å². The lowest BCUT2D eigenvalue weighted by Gasteiger charge is -2.15. The molecular formula is C18H19N3O3. The van der Waals surface area contributed by atoms with E-state index in [1.165, 1.54) is 0 Å². The number of hydrazine groups is 1. The van der Waals surface area contributed by atoms with E-state index >= 15 is 0 Å². The molecule has 0 saturated heterocycles. The monoisotopic (exact) mass is 325 g/mol. The van der Waals surface area contributed by atoms with Crippen LogP contribution in [0.2, 0.25) is 0 Å². The van der Waals surface area contributed by atoms with Gasteiger partial charge in [0.25, 0.3) is 0 Å². The van der Waals surface area contributed by atoms with E-state index in [9.17, 15) is 5.11 Å². The third-order valence-electron chi connectivity index (χ3n) is 3.98. The molecule has 0 aliphatic heterocycles. The van der Waals surface area contributed by atoms with Crippen molar-refractivity contribution in [3.63, 3.8) is 0 Å². The zero-order valence-corrected chi connectivity index (χ0v) is 13.5. The average Bonchev–Trinajstić information content (AvgIpc) is 2.65. The Kier molecular flexibility index (Phi) is 4.50. The normalized spacial score (nSPS) is 10.7. The van der Waals surface area contributed by atoms with Crippen LogP contribution in [-0.4, -0.2) is 24.3 Å². The number of nitrogens with one attached hydrogen (secondary N) is 1. The molecule has 4 N–H and O–H groups in total. The van der Waals surface area contributed by atoms with Gasteiger partial charge in [-0.15, -0.1) is 0 Å². The number of benzene rings is 2. The number of nitrogens with two attached hydrogens (primary N) is 1. The molecule has 0 saturated carbocycles. The van der Waals surface area contributed by atoms with Crippen molar-refractivity contribution < 1.29 is 14.6 Å². The second kappa shape index (κ2) is 6.74. The molecule has 0 bridgehead atoms. The summed E-state index contributed by atoms with van der Waals surface area (Å²) < 4.78 is 10.8. The number of hydrogen-bond acceptors (Lipinski definition) is 6. The number of rotatable bonds is 5. The van der Waals surface area contributed by atoms with E-state index in [4.69, 9.17) is 15.3 Å². The summed E-state index contributed by atoms with van der Waals surface area (Å²) in [5.74, 6) is 7.31. The van der Waals surface area contributed by atoms with E-state index in [1.807, 2.05) is 36.4 Å². The summed E-state index contributed by atoms with van der Waals surface area (Å²) >= 11 is 0. The van der Waals surface area contributed by atoms with Crippen LogP contribution in [0.3, 0.4) is 0 Å². The Morgan fingerprint density at radius 1 is 1.08 bits per heavy atom. The quantitative estimate of drug-likeness (QED) is 0.494. The van der Waals surface area contributed by atoms with Gasteiger partial charge in [-0.3, -0.25) is 0 Å². The molecule has 24 heavy (non-hydrogen) atoms. The molecule has 0 fully saturated rings. The van der Waals surface area contributed by atoms with Crippen LogP contribution in [-0.2, 0) is 6.61 Å². The van der Waals surface area contributed by atoms with Gasteiger partial charge in [0.15, 0.2) is 11.5 Å². The number of anilines is 1. The first-order chi connectivity index (χ1) is 11.7. The molecule has 1 heterocycles. The van der Waals surface area contributed by atoms with E-state index in [-0.39, 0.29) is 6.61 Å². The van der Waals surface area contributed by atoms with E-state index in [0.29, 0.717) is 17.3 Å². The van der Waals surface area contributed by atoms with E-state index < -0.39 is 0 Å². The number of nitrogen functional groups attached to an aromatic ring is 1. The predicted octanol–water partition coefficient (Wildman–Crippen LogP) is 2.70. The fourth-order valence-electron chi connectivity index (χ4n) is 2.83. The van der Waals surface area contributed by atoms with Crippen molar-refractivity contribution in [3.8, 4) is 22.6 Å². The molecule has 1 aromatic heterocycles. The molecule has 0 amide bonds. The van der Waals surface area contributed by atoms with E-state index in [1.54, 1.807) is 20.4 Å². The predicted molar refractivity (Wildman–Crippen MR) is 94.0 cm³/mol. The van der Waals surface area contributed by atoms with Gasteiger partial charge >= 0.3 is 0 Å². The molecule has 3 rings (SSSR count). The van der Waals surface area contributed by atoms with Gasteiger partial charge in [0.2, 0.25) is 0 Å². The van der Waals surface area contributed by atoms with Crippen molar-refractivity contribution in [3.05, 3.63) is 48.2 Å². The minimum atomic E-state index is -0.0761. The molecule has 0 aliphatic rings. The van der Waals surface area contributed by atoms with E-state index in [0.717, 1.165) is 27.5 Å². The highest BCUT2D eigenvalue weighted by molar-refractivity contribution is 6.00. The molecule has 124 valence electrons. The fourth-order valence-corrected chi connectivity index (χ4v) is 2.83. The Bertz CT molecular complexity index is 881. The molecule has 0 radical (unpaired) electrons. The SMILES string of the molecule is COc1cc2ccc(CO)c(-c3ccnc(NN)c3)c2cc1OC. The number of aromatic nitrogens is 1. The number of ether oxygens (including phenoxy) is 2. The lowest BCUT2D eigenvalue weighted by molar-refractivity contribution is 0.282. The highest BCUT2D eigenvalue weighted by Gasteiger charge is 2.14. The van der Waals surface area contributed by atoms with Gasteiger partial charge in [0.1, 0.15) is 5.82 Å². The van der Waals surface area contributed by atoms with Crippen molar-refractivity contribution in [1.82, 2.24) is 4.98 Å². The van der Waals surface area contributed by atoms with Crippen LogP contribution in [0.5, 0.6) is 11.5 Å². The molecule has 2 aromatic carbocycles. The molecule has 6 heteroatoms. The summed E-state index contributed by atoms with van der Waals surface area (Å²) in [4.78, 5) is 4.14. The van der Waals surface area contributed by atoms with Crippen LogP contribution in [0.1, 0.15) is 5.56 Å². The summed E-state index contributed by atoms with van der Waals surface area (Å²) in [6, 6.07) is 11.4. The lowest BCUT2D eigenvalue weighted by Crippen LogP contribution is -2.08.